The monoisotopic (exact) mass is 361 g/mol. The van der Waals surface area contributed by atoms with E-state index in [0.29, 0.717) is 5.56 Å². The fraction of sp³-hybridized carbons (Fsp3) is 0.182. The molecule has 0 saturated heterocycles. The minimum Gasteiger partial charge on any atom is -0.366 e. The zero-order chi connectivity index (χ0) is 19.7. The van der Waals surface area contributed by atoms with E-state index in [4.69, 9.17) is 5.73 Å². The lowest BCUT2D eigenvalue weighted by atomic mass is 9.93. The molecule has 5 heteroatoms. The maximum Gasteiger partial charge on any atom is 0.250 e. The number of aromatic nitrogens is 1. The fourth-order valence-corrected chi connectivity index (χ4v) is 3.41. The zero-order valence-electron chi connectivity index (χ0n) is 15.9. The van der Waals surface area contributed by atoms with E-state index in [9.17, 15) is 9.59 Å². The minimum absolute atomic E-state index is 0.166. The Bertz CT molecular complexity index is 1090. The Balaban J connectivity index is 2.23. The van der Waals surface area contributed by atoms with Gasteiger partial charge >= 0.3 is 0 Å². The van der Waals surface area contributed by atoms with Crippen LogP contribution in [0.15, 0.2) is 42.5 Å². The molecule has 138 valence electrons. The molecule has 0 aliphatic rings. The van der Waals surface area contributed by atoms with Gasteiger partial charge in [-0.15, -0.1) is 0 Å². The average molecular weight is 361 g/mol. The van der Waals surface area contributed by atoms with Gasteiger partial charge in [-0.25, -0.2) is 0 Å². The Morgan fingerprint density at radius 3 is 2.44 bits per heavy atom. The summed E-state index contributed by atoms with van der Waals surface area (Å²) in [6, 6.07) is 9.48. The highest BCUT2D eigenvalue weighted by atomic mass is 16.1. The molecule has 3 rings (SSSR count). The van der Waals surface area contributed by atoms with Crippen molar-refractivity contribution in [2.24, 2.45) is 5.73 Å². The Kier molecular flexibility index (Phi) is 4.86. The standard InChI is InChI=1S/C22H23N3O2/c1-5-7-19(26)25-18-9-6-8-15(13(18)3)16-10-11-17(22(23)27)21-20(16)12(2)14(4)24-21/h5-11,24H,1-4H3,(H2,23,27)(H,25,26). The summed E-state index contributed by atoms with van der Waals surface area (Å²) < 4.78 is 0. The first-order valence-corrected chi connectivity index (χ1v) is 8.80. The number of anilines is 1. The molecule has 2 aromatic carbocycles. The van der Waals surface area contributed by atoms with Crippen LogP contribution in [0.1, 0.15) is 34.1 Å². The molecule has 4 N–H and O–H groups in total. The van der Waals surface area contributed by atoms with Gasteiger partial charge in [0.05, 0.1) is 11.1 Å². The normalized spacial score (nSPS) is 11.3. The van der Waals surface area contributed by atoms with Crippen molar-refractivity contribution in [3.63, 3.8) is 0 Å². The third-order valence-electron chi connectivity index (χ3n) is 4.92. The van der Waals surface area contributed by atoms with E-state index in [2.05, 4.69) is 10.3 Å². The lowest BCUT2D eigenvalue weighted by molar-refractivity contribution is -0.111. The Labute approximate surface area is 158 Å². The van der Waals surface area contributed by atoms with E-state index < -0.39 is 5.91 Å². The van der Waals surface area contributed by atoms with Crippen LogP contribution < -0.4 is 11.1 Å². The van der Waals surface area contributed by atoms with Gasteiger partial charge in [0.1, 0.15) is 0 Å². The van der Waals surface area contributed by atoms with Crippen molar-refractivity contribution in [3.8, 4) is 11.1 Å². The number of carbonyl (C=O) groups excluding carboxylic acids is 2. The van der Waals surface area contributed by atoms with Crippen molar-refractivity contribution >= 4 is 28.4 Å². The number of amides is 2. The Hall–Kier alpha value is -3.34. The smallest absolute Gasteiger partial charge is 0.250 e. The van der Waals surface area contributed by atoms with Crippen molar-refractivity contribution in [2.45, 2.75) is 27.7 Å². The van der Waals surface area contributed by atoms with Crippen molar-refractivity contribution in [1.29, 1.82) is 0 Å². The average Bonchev–Trinajstić information content (AvgIpc) is 2.91. The van der Waals surface area contributed by atoms with Crippen molar-refractivity contribution < 1.29 is 9.59 Å². The predicted molar refractivity (Wildman–Crippen MR) is 110 cm³/mol. The topological polar surface area (TPSA) is 88.0 Å². The summed E-state index contributed by atoms with van der Waals surface area (Å²) in [5.41, 5.74) is 12.6. The molecular weight excluding hydrogens is 338 g/mol. The van der Waals surface area contributed by atoms with E-state index in [0.717, 1.165) is 44.5 Å². The van der Waals surface area contributed by atoms with Crippen LogP contribution in [-0.4, -0.2) is 16.8 Å². The van der Waals surface area contributed by atoms with Gasteiger partial charge in [0.25, 0.3) is 5.91 Å². The lowest BCUT2D eigenvalue weighted by Gasteiger charge is -2.14. The second-order valence-electron chi connectivity index (χ2n) is 6.62. The van der Waals surface area contributed by atoms with Gasteiger partial charge in [-0.05, 0) is 68.2 Å². The van der Waals surface area contributed by atoms with Crippen molar-refractivity contribution in [1.82, 2.24) is 4.98 Å². The van der Waals surface area contributed by atoms with Gasteiger partial charge in [-0.1, -0.05) is 24.3 Å². The Morgan fingerprint density at radius 2 is 1.78 bits per heavy atom. The van der Waals surface area contributed by atoms with E-state index in [-0.39, 0.29) is 5.91 Å². The van der Waals surface area contributed by atoms with Gasteiger partial charge in [0.2, 0.25) is 5.91 Å². The first-order chi connectivity index (χ1) is 12.8. The van der Waals surface area contributed by atoms with Crippen LogP contribution in [0.2, 0.25) is 0 Å². The van der Waals surface area contributed by atoms with Gasteiger partial charge in [0, 0.05) is 16.8 Å². The highest BCUT2D eigenvalue weighted by Gasteiger charge is 2.18. The van der Waals surface area contributed by atoms with Crippen LogP contribution in [0.25, 0.3) is 22.0 Å². The first kappa shape index (κ1) is 18.5. The molecule has 27 heavy (non-hydrogen) atoms. The summed E-state index contributed by atoms with van der Waals surface area (Å²) in [6.07, 6.45) is 3.19. The van der Waals surface area contributed by atoms with Crippen LogP contribution in [0, 0.1) is 20.8 Å². The largest absolute Gasteiger partial charge is 0.366 e. The molecular formula is C22H23N3O2. The second kappa shape index (κ2) is 7.11. The molecule has 2 amide bonds. The number of nitrogens with one attached hydrogen (secondary N) is 2. The molecule has 0 aliphatic heterocycles. The molecule has 0 aliphatic carbocycles. The number of fused-ring (bicyclic) bond motifs is 1. The number of hydrogen-bond acceptors (Lipinski definition) is 2. The highest BCUT2D eigenvalue weighted by molar-refractivity contribution is 6.11. The number of benzene rings is 2. The number of rotatable bonds is 4. The summed E-state index contributed by atoms with van der Waals surface area (Å²) in [7, 11) is 0. The first-order valence-electron chi connectivity index (χ1n) is 8.80. The lowest BCUT2D eigenvalue weighted by Crippen LogP contribution is -2.11. The molecule has 5 nitrogen and oxygen atoms in total. The molecule has 0 bridgehead atoms. The summed E-state index contributed by atoms with van der Waals surface area (Å²) in [5.74, 6) is -0.627. The van der Waals surface area contributed by atoms with Crippen LogP contribution in [-0.2, 0) is 4.79 Å². The molecule has 1 aromatic heterocycles. The van der Waals surface area contributed by atoms with E-state index >= 15 is 0 Å². The number of aryl methyl sites for hydroxylation is 2. The van der Waals surface area contributed by atoms with Crippen LogP contribution >= 0.6 is 0 Å². The number of hydrogen-bond donors (Lipinski definition) is 3. The fourth-order valence-electron chi connectivity index (χ4n) is 3.41. The SMILES string of the molecule is CC=CC(=O)Nc1cccc(-c2ccc(C(N)=O)c3[nH]c(C)c(C)c23)c1C. The van der Waals surface area contributed by atoms with Crippen LogP contribution in [0.3, 0.4) is 0 Å². The zero-order valence-corrected chi connectivity index (χ0v) is 15.9. The molecule has 0 fully saturated rings. The summed E-state index contributed by atoms with van der Waals surface area (Å²) >= 11 is 0. The maximum atomic E-state index is 11.9. The molecule has 0 saturated carbocycles. The van der Waals surface area contributed by atoms with Gasteiger partial charge < -0.3 is 16.0 Å². The summed E-state index contributed by atoms with van der Waals surface area (Å²) in [6.45, 7) is 7.78. The highest BCUT2D eigenvalue weighted by Crippen LogP contribution is 2.37. The molecule has 1 heterocycles. The molecule has 0 radical (unpaired) electrons. The number of allylic oxidation sites excluding steroid dienone is 1. The number of nitrogens with two attached hydrogens (primary N) is 1. The number of carbonyl (C=O) groups is 2. The predicted octanol–water partition coefficient (Wildman–Crippen LogP) is 4.37. The molecule has 0 spiro atoms. The quantitative estimate of drug-likeness (QED) is 0.602. The number of aromatic amines is 1. The van der Waals surface area contributed by atoms with E-state index in [1.165, 1.54) is 6.08 Å². The minimum atomic E-state index is -0.461. The van der Waals surface area contributed by atoms with Gasteiger partial charge in [-0.3, -0.25) is 9.59 Å². The van der Waals surface area contributed by atoms with Crippen LogP contribution in [0.5, 0.6) is 0 Å². The summed E-state index contributed by atoms with van der Waals surface area (Å²) in [4.78, 5) is 27.1. The van der Waals surface area contributed by atoms with Crippen molar-refractivity contribution in [2.75, 3.05) is 5.32 Å². The third kappa shape index (κ3) is 3.24. The molecule has 3 aromatic rings. The second-order valence-corrected chi connectivity index (χ2v) is 6.62. The summed E-state index contributed by atoms with van der Waals surface area (Å²) in [5, 5.41) is 3.89. The Morgan fingerprint density at radius 1 is 1.04 bits per heavy atom. The van der Waals surface area contributed by atoms with E-state index in [1.807, 2.05) is 45.0 Å². The number of H-pyrrole nitrogens is 1. The van der Waals surface area contributed by atoms with Gasteiger partial charge in [0.15, 0.2) is 0 Å². The van der Waals surface area contributed by atoms with Gasteiger partial charge in [-0.2, -0.15) is 0 Å². The van der Waals surface area contributed by atoms with E-state index in [1.54, 1.807) is 19.1 Å². The number of primary amides is 1. The molecule has 0 atom stereocenters. The van der Waals surface area contributed by atoms with Crippen molar-refractivity contribution in [3.05, 3.63) is 64.9 Å². The van der Waals surface area contributed by atoms with Crippen LogP contribution in [0.4, 0.5) is 5.69 Å². The third-order valence-corrected chi connectivity index (χ3v) is 4.92. The molecule has 0 unspecified atom stereocenters. The maximum absolute atomic E-state index is 11.9.